The smallest absolute Gasteiger partial charge is 0.256 e. The first-order chi connectivity index (χ1) is 13.7. The molecule has 1 N–H and O–H groups in total. The number of anilines is 1. The lowest BCUT2D eigenvalue weighted by Crippen LogP contribution is -2.14. The number of hydrogen-bond donors (Lipinski definition) is 1. The number of aromatic nitrogens is 1. The minimum atomic E-state index is -0.0651. The number of nitrogens with zero attached hydrogens (tertiary/aromatic N) is 1. The van der Waals surface area contributed by atoms with Gasteiger partial charge in [-0.1, -0.05) is 0 Å². The molecule has 144 valence electrons. The number of amides is 1. The van der Waals surface area contributed by atoms with Gasteiger partial charge in [0, 0.05) is 34.4 Å². The number of carbonyl (C=O) groups excluding carboxylic acids is 1. The second-order valence-corrected chi connectivity index (χ2v) is 7.69. The Morgan fingerprint density at radius 3 is 2.79 bits per heavy atom. The van der Waals surface area contributed by atoms with Crippen LogP contribution in [0.5, 0.6) is 11.5 Å². The third kappa shape index (κ3) is 4.02. The van der Waals surface area contributed by atoms with Gasteiger partial charge < -0.3 is 14.8 Å². The van der Waals surface area contributed by atoms with Gasteiger partial charge in [-0.3, -0.25) is 9.78 Å². The van der Waals surface area contributed by atoms with Gasteiger partial charge in [0.1, 0.15) is 6.61 Å². The summed E-state index contributed by atoms with van der Waals surface area (Å²) in [6.45, 7) is 0.397. The topological polar surface area (TPSA) is 60.5 Å². The van der Waals surface area contributed by atoms with Gasteiger partial charge in [-0.25, -0.2) is 0 Å². The highest BCUT2D eigenvalue weighted by Gasteiger charge is 2.20. The third-order valence-corrected chi connectivity index (χ3v) is 5.96. The summed E-state index contributed by atoms with van der Waals surface area (Å²) in [5.41, 5.74) is 3.72. The van der Waals surface area contributed by atoms with E-state index >= 15 is 0 Å². The summed E-state index contributed by atoms with van der Waals surface area (Å²) in [4.78, 5) is 18.2. The first kappa shape index (κ1) is 18.5. The number of aryl methyl sites for hydroxylation is 1. The number of pyridine rings is 1. The van der Waals surface area contributed by atoms with Crippen molar-refractivity contribution < 1.29 is 14.3 Å². The Hall–Kier alpha value is -2.86. The van der Waals surface area contributed by atoms with Gasteiger partial charge >= 0.3 is 0 Å². The highest BCUT2D eigenvalue weighted by Crippen LogP contribution is 2.33. The van der Waals surface area contributed by atoms with E-state index in [0.717, 1.165) is 30.4 Å². The Bertz CT molecular complexity index is 969. The zero-order valence-corrected chi connectivity index (χ0v) is 16.6. The van der Waals surface area contributed by atoms with Crippen LogP contribution in [-0.2, 0) is 19.4 Å². The lowest BCUT2D eigenvalue weighted by atomic mass is 9.95. The van der Waals surface area contributed by atoms with Crippen molar-refractivity contribution >= 4 is 22.9 Å². The largest absolute Gasteiger partial charge is 0.493 e. The molecule has 2 heterocycles. The highest BCUT2D eigenvalue weighted by atomic mass is 32.1. The normalized spacial score (nSPS) is 12.9. The number of methoxy groups -OCH3 is 1. The van der Waals surface area contributed by atoms with Crippen molar-refractivity contribution in [3.63, 3.8) is 0 Å². The average Bonchev–Trinajstić information content (AvgIpc) is 3.17. The Balaban J connectivity index is 1.50. The second kappa shape index (κ2) is 8.44. The molecule has 0 unspecified atom stereocenters. The number of nitrogens with one attached hydrogen (secondary N) is 1. The van der Waals surface area contributed by atoms with Crippen LogP contribution in [0.2, 0.25) is 0 Å². The number of hydrogen-bond acceptors (Lipinski definition) is 5. The standard InChI is InChI=1S/C22H22N2O3S/c1-26-19-7-6-16(12-20(19)27-13-15-8-10-23-11-9-15)24-22(25)18-14-28-21-5-3-2-4-17(18)21/h6-12,14H,2-5,13H2,1H3,(H,24,25). The molecule has 3 aromatic rings. The van der Waals surface area contributed by atoms with Crippen LogP contribution in [0.3, 0.4) is 0 Å². The molecular weight excluding hydrogens is 372 g/mol. The summed E-state index contributed by atoms with van der Waals surface area (Å²) >= 11 is 1.70. The van der Waals surface area contributed by atoms with E-state index in [4.69, 9.17) is 9.47 Å². The minimum Gasteiger partial charge on any atom is -0.493 e. The molecule has 0 spiro atoms. The summed E-state index contributed by atoms with van der Waals surface area (Å²) < 4.78 is 11.3. The number of carbonyl (C=O) groups is 1. The molecule has 5 nitrogen and oxygen atoms in total. The number of ether oxygens (including phenoxy) is 2. The van der Waals surface area contributed by atoms with Crippen molar-refractivity contribution in [1.82, 2.24) is 4.98 Å². The second-order valence-electron chi connectivity index (χ2n) is 6.72. The molecule has 6 heteroatoms. The Morgan fingerprint density at radius 1 is 1.14 bits per heavy atom. The van der Waals surface area contributed by atoms with Gasteiger partial charge in [0.25, 0.3) is 5.91 Å². The van der Waals surface area contributed by atoms with Gasteiger partial charge in [0.05, 0.1) is 12.7 Å². The van der Waals surface area contributed by atoms with Crippen molar-refractivity contribution in [2.45, 2.75) is 32.3 Å². The zero-order chi connectivity index (χ0) is 19.3. The van der Waals surface area contributed by atoms with Crippen molar-refractivity contribution in [2.24, 2.45) is 0 Å². The summed E-state index contributed by atoms with van der Waals surface area (Å²) in [7, 11) is 1.60. The molecular formula is C22H22N2O3S. The first-order valence-corrected chi connectivity index (χ1v) is 10.2. The van der Waals surface area contributed by atoms with Crippen LogP contribution in [-0.4, -0.2) is 18.0 Å². The highest BCUT2D eigenvalue weighted by molar-refractivity contribution is 7.10. The predicted molar refractivity (Wildman–Crippen MR) is 110 cm³/mol. The number of rotatable bonds is 6. The molecule has 2 aromatic heterocycles. The molecule has 28 heavy (non-hydrogen) atoms. The van der Waals surface area contributed by atoms with Crippen LogP contribution in [0.1, 0.15) is 39.2 Å². The fourth-order valence-electron chi connectivity index (χ4n) is 3.39. The van der Waals surface area contributed by atoms with E-state index in [-0.39, 0.29) is 5.91 Å². The molecule has 0 saturated heterocycles. The zero-order valence-electron chi connectivity index (χ0n) is 15.7. The predicted octanol–water partition coefficient (Wildman–Crippen LogP) is 4.86. The monoisotopic (exact) mass is 394 g/mol. The van der Waals surface area contributed by atoms with Gasteiger partial charge in [-0.05, 0) is 61.1 Å². The molecule has 1 aromatic carbocycles. The minimum absolute atomic E-state index is 0.0651. The van der Waals surface area contributed by atoms with Gasteiger partial charge in [-0.2, -0.15) is 0 Å². The van der Waals surface area contributed by atoms with E-state index in [1.807, 2.05) is 23.6 Å². The molecule has 0 fully saturated rings. The van der Waals surface area contributed by atoms with Crippen LogP contribution in [0.25, 0.3) is 0 Å². The number of benzene rings is 1. The van der Waals surface area contributed by atoms with Crippen LogP contribution < -0.4 is 14.8 Å². The van der Waals surface area contributed by atoms with E-state index in [9.17, 15) is 4.79 Å². The summed E-state index contributed by atoms with van der Waals surface area (Å²) in [5, 5.41) is 4.99. The van der Waals surface area contributed by atoms with Crippen LogP contribution in [0, 0.1) is 0 Å². The van der Waals surface area contributed by atoms with E-state index < -0.39 is 0 Å². The molecule has 1 amide bonds. The SMILES string of the molecule is COc1ccc(NC(=O)c2csc3c2CCCC3)cc1OCc1ccncc1. The number of fused-ring (bicyclic) bond motifs is 1. The lowest BCUT2D eigenvalue weighted by molar-refractivity contribution is 0.102. The van der Waals surface area contributed by atoms with Crippen LogP contribution in [0.15, 0.2) is 48.1 Å². The summed E-state index contributed by atoms with van der Waals surface area (Å²) in [5.74, 6) is 1.15. The molecule has 0 saturated carbocycles. The first-order valence-electron chi connectivity index (χ1n) is 9.35. The fraction of sp³-hybridized carbons (Fsp3) is 0.273. The maximum Gasteiger partial charge on any atom is 0.256 e. The Labute approximate surface area is 168 Å². The maximum absolute atomic E-state index is 12.8. The quantitative estimate of drug-likeness (QED) is 0.648. The Kier molecular flexibility index (Phi) is 5.58. The van der Waals surface area contributed by atoms with Crippen molar-refractivity contribution in [3.8, 4) is 11.5 Å². The van der Waals surface area contributed by atoms with Crippen LogP contribution in [0.4, 0.5) is 5.69 Å². The number of thiophene rings is 1. The molecule has 1 aliphatic rings. The summed E-state index contributed by atoms with van der Waals surface area (Å²) in [6.07, 6.45) is 7.90. The van der Waals surface area contributed by atoms with E-state index in [0.29, 0.717) is 23.8 Å². The van der Waals surface area contributed by atoms with E-state index in [1.54, 1.807) is 43.0 Å². The Morgan fingerprint density at radius 2 is 1.96 bits per heavy atom. The third-order valence-electron chi connectivity index (χ3n) is 4.87. The molecule has 1 aliphatic carbocycles. The van der Waals surface area contributed by atoms with E-state index in [1.165, 1.54) is 16.9 Å². The molecule has 4 rings (SSSR count). The fourth-order valence-corrected chi connectivity index (χ4v) is 4.52. The van der Waals surface area contributed by atoms with Gasteiger partial charge in [0.2, 0.25) is 0 Å². The van der Waals surface area contributed by atoms with Crippen LogP contribution >= 0.6 is 11.3 Å². The molecule has 0 aliphatic heterocycles. The molecule has 0 bridgehead atoms. The van der Waals surface area contributed by atoms with Crippen molar-refractivity contribution in [1.29, 1.82) is 0 Å². The molecule has 0 atom stereocenters. The van der Waals surface area contributed by atoms with Gasteiger partial charge in [-0.15, -0.1) is 11.3 Å². The lowest BCUT2D eigenvalue weighted by Gasteiger charge is -2.14. The van der Waals surface area contributed by atoms with E-state index in [2.05, 4.69) is 10.3 Å². The van der Waals surface area contributed by atoms with Crippen molar-refractivity contribution in [3.05, 3.63) is 69.7 Å². The molecule has 0 radical (unpaired) electrons. The average molecular weight is 394 g/mol. The maximum atomic E-state index is 12.8. The van der Waals surface area contributed by atoms with Gasteiger partial charge in [0.15, 0.2) is 11.5 Å². The van der Waals surface area contributed by atoms with Crippen molar-refractivity contribution in [2.75, 3.05) is 12.4 Å². The summed E-state index contributed by atoms with van der Waals surface area (Å²) in [6, 6.07) is 9.24.